The van der Waals surface area contributed by atoms with Crippen molar-refractivity contribution in [2.24, 2.45) is 0 Å². The summed E-state index contributed by atoms with van der Waals surface area (Å²) >= 11 is 0. The number of anilines is 3. The van der Waals surface area contributed by atoms with Gasteiger partial charge in [0, 0.05) is 33.2 Å². The maximum atomic E-state index is 2.53. The lowest BCUT2D eigenvalue weighted by Crippen LogP contribution is -2.30. The summed E-state index contributed by atoms with van der Waals surface area (Å²) in [6.07, 6.45) is 0. The topological polar surface area (TPSA) is 8.17 Å². The molecular weight excluding hydrogens is 785 g/mol. The molecular formula is C63H40N2. The first-order valence-corrected chi connectivity index (χ1v) is 22.6. The molecule has 2 aliphatic carbocycles. The van der Waals surface area contributed by atoms with Crippen LogP contribution in [0.25, 0.3) is 82.4 Å². The summed E-state index contributed by atoms with van der Waals surface area (Å²) in [6.45, 7) is 0. The highest BCUT2D eigenvalue weighted by molar-refractivity contribution is 6.27. The first-order chi connectivity index (χ1) is 32.3. The zero-order chi connectivity index (χ0) is 42.6. The smallest absolute Gasteiger partial charge is 0.0726 e. The molecule has 302 valence electrons. The van der Waals surface area contributed by atoms with Gasteiger partial charge in [-0.15, -0.1) is 0 Å². The summed E-state index contributed by atoms with van der Waals surface area (Å²) in [4.78, 5) is 2.36. The Bertz CT molecular complexity index is 3830. The molecule has 0 aliphatic heterocycles. The van der Waals surface area contributed by atoms with Crippen molar-refractivity contribution in [1.29, 1.82) is 0 Å². The predicted octanol–water partition coefficient (Wildman–Crippen LogP) is 16.6. The Morgan fingerprint density at radius 2 is 0.892 bits per heavy atom. The van der Waals surface area contributed by atoms with Crippen molar-refractivity contribution >= 4 is 60.4 Å². The van der Waals surface area contributed by atoms with E-state index in [1.807, 2.05) is 0 Å². The number of fused-ring (bicyclic) bond motifs is 8. The fraction of sp³-hybridized carbons (Fsp3) is 0.0159. The van der Waals surface area contributed by atoms with Crippen molar-refractivity contribution in [1.82, 2.24) is 4.57 Å². The van der Waals surface area contributed by atoms with Crippen LogP contribution in [-0.4, -0.2) is 4.57 Å². The second kappa shape index (κ2) is 13.8. The molecule has 0 saturated heterocycles. The quantitative estimate of drug-likeness (QED) is 0.162. The van der Waals surface area contributed by atoms with Gasteiger partial charge in [0.05, 0.1) is 22.1 Å². The first kappa shape index (κ1) is 36.1. The zero-order valence-corrected chi connectivity index (χ0v) is 35.5. The van der Waals surface area contributed by atoms with Crippen LogP contribution in [0.1, 0.15) is 22.3 Å². The summed E-state index contributed by atoms with van der Waals surface area (Å²) in [5.41, 5.74) is 19.3. The number of para-hydroxylation sites is 1. The molecule has 0 N–H and O–H groups in total. The monoisotopic (exact) mass is 824 g/mol. The van der Waals surface area contributed by atoms with Crippen molar-refractivity contribution in [2.75, 3.05) is 4.90 Å². The van der Waals surface area contributed by atoms with Crippen molar-refractivity contribution in [3.8, 4) is 39.1 Å². The molecule has 1 aromatic heterocycles. The lowest BCUT2D eigenvalue weighted by molar-refractivity contribution is 0.783. The van der Waals surface area contributed by atoms with E-state index in [2.05, 4.69) is 252 Å². The molecule has 1 heterocycles. The normalized spacial score (nSPS) is 13.0. The average molecular weight is 825 g/mol. The standard InChI is InChI=1S/C63H40N2/c1-3-16-41(17-4-1)44-20-13-23-49(39-44)64(47-21-5-2-6-22-47)48-35-32-42(33-36-48)46-38-45-34-37-59-62-60(45)56(40-46)63(53-27-11-9-25-51(53)52-26-10-12-28-54(52)63)55-29-15-31-58(61(55)62)65(59)57-30-14-19-43-18-7-8-24-50(43)57/h1-40H. The number of aromatic nitrogens is 1. The third-order valence-electron chi connectivity index (χ3n) is 14.3. The van der Waals surface area contributed by atoms with Gasteiger partial charge in [-0.2, -0.15) is 0 Å². The van der Waals surface area contributed by atoms with Gasteiger partial charge in [-0.05, 0) is 139 Å². The molecule has 2 heteroatoms. The molecule has 2 aliphatic rings. The van der Waals surface area contributed by atoms with Crippen LogP contribution in [0.4, 0.5) is 17.1 Å². The maximum absolute atomic E-state index is 2.53. The summed E-state index contributed by atoms with van der Waals surface area (Å²) in [6, 6.07) is 90.0. The van der Waals surface area contributed by atoms with E-state index in [0.29, 0.717) is 0 Å². The Kier molecular flexibility index (Phi) is 7.64. The second-order valence-electron chi connectivity index (χ2n) is 17.6. The van der Waals surface area contributed by atoms with E-state index in [1.54, 1.807) is 0 Å². The minimum Gasteiger partial charge on any atom is -0.310 e. The molecule has 0 radical (unpaired) electrons. The third kappa shape index (κ3) is 5.05. The molecule has 2 nitrogen and oxygen atoms in total. The Balaban J connectivity index is 1.01. The van der Waals surface area contributed by atoms with Crippen LogP contribution < -0.4 is 4.90 Å². The van der Waals surface area contributed by atoms with Gasteiger partial charge >= 0.3 is 0 Å². The number of rotatable bonds is 6. The lowest BCUT2D eigenvalue weighted by Gasteiger charge is -2.38. The minimum absolute atomic E-state index is 0.527. The van der Waals surface area contributed by atoms with Gasteiger partial charge in [-0.3, -0.25) is 0 Å². The molecule has 14 rings (SSSR count). The molecule has 0 atom stereocenters. The highest BCUT2D eigenvalue weighted by atomic mass is 15.1. The fourth-order valence-corrected chi connectivity index (χ4v) is 11.7. The van der Waals surface area contributed by atoms with Gasteiger partial charge in [0.25, 0.3) is 0 Å². The molecule has 12 aromatic rings. The van der Waals surface area contributed by atoms with Crippen LogP contribution in [0.15, 0.2) is 243 Å². The number of hydrogen-bond donors (Lipinski definition) is 0. The van der Waals surface area contributed by atoms with E-state index in [9.17, 15) is 0 Å². The minimum atomic E-state index is -0.527. The predicted molar refractivity (Wildman–Crippen MR) is 272 cm³/mol. The van der Waals surface area contributed by atoms with Crippen LogP contribution in [0, 0.1) is 0 Å². The molecule has 65 heavy (non-hydrogen) atoms. The highest BCUT2D eigenvalue weighted by Crippen LogP contribution is 2.62. The van der Waals surface area contributed by atoms with Crippen LogP contribution in [0.3, 0.4) is 0 Å². The van der Waals surface area contributed by atoms with Gasteiger partial charge in [-0.25, -0.2) is 0 Å². The van der Waals surface area contributed by atoms with Crippen molar-refractivity contribution in [3.05, 3.63) is 265 Å². The number of nitrogens with zero attached hydrogens (tertiary/aromatic N) is 2. The van der Waals surface area contributed by atoms with Crippen molar-refractivity contribution in [3.63, 3.8) is 0 Å². The summed E-state index contributed by atoms with van der Waals surface area (Å²) in [5, 5.41) is 7.76. The number of hydrogen-bond acceptors (Lipinski definition) is 1. The van der Waals surface area contributed by atoms with E-state index >= 15 is 0 Å². The Morgan fingerprint density at radius 3 is 1.69 bits per heavy atom. The second-order valence-corrected chi connectivity index (χ2v) is 17.6. The fourth-order valence-electron chi connectivity index (χ4n) is 11.7. The summed E-state index contributed by atoms with van der Waals surface area (Å²) < 4.78 is 2.53. The third-order valence-corrected chi connectivity index (χ3v) is 14.3. The molecule has 11 aromatic carbocycles. The summed E-state index contributed by atoms with van der Waals surface area (Å²) in [7, 11) is 0. The van der Waals surface area contributed by atoms with Gasteiger partial charge in [0.15, 0.2) is 0 Å². The van der Waals surface area contributed by atoms with E-state index in [4.69, 9.17) is 0 Å². The lowest BCUT2D eigenvalue weighted by atomic mass is 9.62. The molecule has 0 amide bonds. The van der Waals surface area contributed by atoms with Gasteiger partial charge in [0.1, 0.15) is 0 Å². The van der Waals surface area contributed by atoms with E-state index in [-0.39, 0.29) is 0 Å². The Hall–Kier alpha value is -8.46. The van der Waals surface area contributed by atoms with Crippen LogP contribution in [0.5, 0.6) is 0 Å². The Labute approximate surface area is 377 Å². The van der Waals surface area contributed by atoms with Crippen LogP contribution >= 0.6 is 0 Å². The van der Waals surface area contributed by atoms with Crippen LogP contribution in [0.2, 0.25) is 0 Å². The molecule has 0 fully saturated rings. The van der Waals surface area contributed by atoms with Crippen LogP contribution in [-0.2, 0) is 5.41 Å². The number of benzene rings is 11. The molecule has 0 unspecified atom stereocenters. The van der Waals surface area contributed by atoms with E-state index in [0.717, 1.165) is 17.1 Å². The molecule has 0 bridgehead atoms. The largest absolute Gasteiger partial charge is 0.310 e. The van der Waals surface area contributed by atoms with E-state index in [1.165, 1.54) is 105 Å². The van der Waals surface area contributed by atoms with Gasteiger partial charge < -0.3 is 9.47 Å². The average Bonchev–Trinajstić information content (AvgIpc) is 3.87. The summed E-state index contributed by atoms with van der Waals surface area (Å²) in [5.74, 6) is 0. The van der Waals surface area contributed by atoms with Crippen molar-refractivity contribution < 1.29 is 0 Å². The zero-order valence-electron chi connectivity index (χ0n) is 35.5. The van der Waals surface area contributed by atoms with Gasteiger partial charge in [0.2, 0.25) is 0 Å². The van der Waals surface area contributed by atoms with Crippen molar-refractivity contribution in [2.45, 2.75) is 5.41 Å². The molecule has 0 saturated carbocycles. The highest BCUT2D eigenvalue weighted by Gasteiger charge is 2.50. The SMILES string of the molecule is c1ccc(-c2cccc(N(c3ccccc3)c3ccc(-c4cc5c6c(ccc7c6c6c(cccc6n7-c6cccc7ccccc67)C56c5ccccc5-c5ccccc56)c4)cc3)c2)cc1. The first-order valence-electron chi connectivity index (χ1n) is 22.6. The van der Waals surface area contributed by atoms with Gasteiger partial charge in [-0.1, -0.05) is 176 Å². The van der Waals surface area contributed by atoms with E-state index < -0.39 is 5.41 Å². The maximum Gasteiger partial charge on any atom is 0.0726 e. The molecule has 1 spiro atoms. The Morgan fingerprint density at radius 1 is 0.308 bits per heavy atom.